The third-order valence-electron chi connectivity index (χ3n) is 2.49. The van der Waals surface area contributed by atoms with E-state index in [1.165, 1.54) is 12.1 Å². The molecule has 0 radical (unpaired) electrons. The summed E-state index contributed by atoms with van der Waals surface area (Å²) in [5, 5.41) is 2.60. The smallest absolute Gasteiger partial charge is 0.340 e. The fraction of sp³-hybridized carbons (Fsp3) is 0.385. The predicted octanol–water partition coefficient (Wildman–Crippen LogP) is 1.43. The maximum absolute atomic E-state index is 11.8. The average Bonchev–Trinajstić information content (AvgIpc) is 2.41. The lowest BCUT2D eigenvalue weighted by atomic mass is 10.2. The summed E-state index contributed by atoms with van der Waals surface area (Å²) in [7, 11) is -3.46. The highest BCUT2D eigenvalue weighted by Crippen LogP contribution is 2.21. The molecule has 1 amide bonds. The first-order chi connectivity index (χ1) is 9.75. The van der Waals surface area contributed by atoms with E-state index in [0.29, 0.717) is 6.54 Å². The van der Waals surface area contributed by atoms with Gasteiger partial charge in [-0.25, -0.2) is 13.2 Å². The van der Waals surface area contributed by atoms with Crippen LogP contribution in [0.4, 0.5) is 0 Å². The molecule has 1 N–H and O–H groups in total. The first-order valence-corrected chi connectivity index (χ1v) is 8.46. The number of nitrogens with one attached hydrogen (secondary N) is 1. The van der Waals surface area contributed by atoms with Gasteiger partial charge in [-0.15, -0.1) is 0 Å². The quantitative estimate of drug-likeness (QED) is 0.795. The second-order valence-electron chi connectivity index (χ2n) is 4.34. The zero-order valence-electron chi connectivity index (χ0n) is 11.7. The van der Waals surface area contributed by atoms with Gasteiger partial charge < -0.3 is 10.1 Å². The molecule has 1 aromatic rings. The zero-order chi connectivity index (χ0) is 16.0. The van der Waals surface area contributed by atoms with Crippen LogP contribution in [0, 0.1) is 0 Å². The monoisotopic (exact) mass is 333 g/mol. The predicted molar refractivity (Wildman–Crippen MR) is 78.1 cm³/mol. The molecule has 0 saturated carbocycles. The Kier molecular flexibility index (Phi) is 6.17. The lowest BCUT2D eigenvalue weighted by Crippen LogP contribution is -2.29. The van der Waals surface area contributed by atoms with Gasteiger partial charge >= 0.3 is 5.97 Å². The van der Waals surface area contributed by atoms with Gasteiger partial charge in [0, 0.05) is 12.8 Å². The molecule has 8 heteroatoms. The number of esters is 1. The van der Waals surface area contributed by atoms with Crippen LogP contribution in [0.2, 0.25) is 5.02 Å². The van der Waals surface area contributed by atoms with Gasteiger partial charge in [-0.1, -0.05) is 18.5 Å². The van der Waals surface area contributed by atoms with Crippen molar-refractivity contribution in [1.29, 1.82) is 0 Å². The number of sulfone groups is 1. The van der Waals surface area contributed by atoms with Crippen molar-refractivity contribution in [1.82, 2.24) is 5.32 Å². The van der Waals surface area contributed by atoms with Gasteiger partial charge in [-0.05, 0) is 24.6 Å². The number of carbonyl (C=O) groups is 2. The van der Waals surface area contributed by atoms with Crippen LogP contribution in [0.1, 0.15) is 23.7 Å². The van der Waals surface area contributed by atoms with Crippen LogP contribution in [-0.2, 0) is 19.4 Å². The van der Waals surface area contributed by atoms with Crippen LogP contribution in [0.5, 0.6) is 0 Å². The fourth-order valence-corrected chi connectivity index (χ4v) is 2.26. The molecule has 0 atom stereocenters. The number of benzene rings is 1. The van der Waals surface area contributed by atoms with Gasteiger partial charge in [0.15, 0.2) is 16.4 Å². The normalized spacial score (nSPS) is 11.0. The highest BCUT2D eigenvalue weighted by molar-refractivity contribution is 7.90. The maximum atomic E-state index is 11.8. The van der Waals surface area contributed by atoms with Gasteiger partial charge in [0.25, 0.3) is 5.91 Å². The van der Waals surface area contributed by atoms with Crippen molar-refractivity contribution in [3.63, 3.8) is 0 Å². The largest absolute Gasteiger partial charge is 0.452 e. The van der Waals surface area contributed by atoms with E-state index in [-0.39, 0.29) is 15.5 Å². The van der Waals surface area contributed by atoms with Crippen LogP contribution < -0.4 is 5.32 Å². The number of carbonyl (C=O) groups excluding carboxylic acids is 2. The van der Waals surface area contributed by atoms with E-state index in [0.717, 1.165) is 18.7 Å². The number of halogens is 1. The van der Waals surface area contributed by atoms with Crippen LogP contribution in [0.15, 0.2) is 23.1 Å². The Morgan fingerprint density at radius 3 is 2.57 bits per heavy atom. The van der Waals surface area contributed by atoms with Gasteiger partial charge in [0.1, 0.15) is 0 Å². The molecule has 0 spiro atoms. The van der Waals surface area contributed by atoms with Crippen molar-refractivity contribution in [3.8, 4) is 0 Å². The van der Waals surface area contributed by atoms with Crippen LogP contribution in [0.3, 0.4) is 0 Å². The second kappa shape index (κ2) is 7.42. The Morgan fingerprint density at radius 1 is 1.33 bits per heavy atom. The van der Waals surface area contributed by atoms with Gasteiger partial charge in [0.2, 0.25) is 0 Å². The number of ether oxygens (including phenoxy) is 1. The average molecular weight is 334 g/mol. The topological polar surface area (TPSA) is 89.5 Å². The molecule has 0 heterocycles. The summed E-state index contributed by atoms with van der Waals surface area (Å²) >= 11 is 5.84. The standard InChI is InChI=1S/C13H16ClNO5S/c1-3-6-15-12(16)8-20-13(17)10-7-9(21(2,18)19)4-5-11(10)14/h4-5,7H,3,6,8H2,1-2H3,(H,15,16). The summed E-state index contributed by atoms with van der Waals surface area (Å²) in [5.41, 5.74) is -0.0946. The first kappa shape index (κ1) is 17.5. The van der Waals surface area contributed by atoms with Gasteiger partial charge in [-0.2, -0.15) is 0 Å². The van der Waals surface area contributed by atoms with E-state index in [1.807, 2.05) is 6.92 Å². The first-order valence-electron chi connectivity index (χ1n) is 6.19. The molecule has 1 aromatic carbocycles. The lowest BCUT2D eigenvalue weighted by molar-refractivity contribution is -0.124. The van der Waals surface area contributed by atoms with E-state index in [9.17, 15) is 18.0 Å². The van der Waals surface area contributed by atoms with Gasteiger partial charge in [-0.3, -0.25) is 4.79 Å². The van der Waals surface area contributed by atoms with Gasteiger partial charge in [0.05, 0.1) is 15.5 Å². The Morgan fingerprint density at radius 2 is 2.00 bits per heavy atom. The molecule has 1 rings (SSSR count). The third-order valence-corrected chi connectivity index (χ3v) is 3.93. The molecule has 0 aromatic heterocycles. The summed E-state index contributed by atoms with van der Waals surface area (Å²) in [4.78, 5) is 23.1. The Labute approximate surface area is 128 Å². The minimum Gasteiger partial charge on any atom is -0.452 e. The molecular weight excluding hydrogens is 318 g/mol. The molecule has 6 nitrogen and oxygen atoms in total. The van der Waals surface area contributed by atoms with E-state index in [1.54, 1.807) is 0 Å². The van der Waals surface area contributed by atoms with Crippen molar-refractivity contribution in [2.24, 2.45) is 0 Å². The summed E-state index contributed by atoms with van der Waals surface area (Å²) in [6.07, 6.45) is 1.78. The zero-order valence-corrected chi connectivity index (χ0v) is 13.3. The number of amides is 1. The Bertz CT molecular complexity index is 642. The highest BCUT2D eigenvalue weighted by Gasteiger charge is 2.17. The number of rotatable bonds is 6. The summed E-state index contributed by atoms with van der Waals surface area (Å²) < 4.78 is 27.7. The minimum absolute atomic E-state index is 0.0470. The van der Waals surface area contributed by atoms with Crippen molar-refractivity contribution in [3.05, 3.63) is 28.8 Å². The molecule has 0 unspecified atom stereocenters. The summed E-state index contributed by atoms with van der Waals surface area (Å²) in [6.45, 7) is 1.93. The van der Waals surface area contributed by atoms with Crippen molar-refractivity contribution in [2.45, 2.75) is 18.2 Å². The van der Waals surface area contributed by atoms with E-state index >= 15 is 0 Å². The molecule has 0 bridgehead atoms. The van der Waals surface area contributed by atoms with Crippen LogP contribution in [0.25, 0.3) is 0 Å². The Hall–Kier alpha value is -1.60. The minimum atomic E-state index is -3.46. The molecule has 0 aliphatic carbocycles. The van der Waals surface area contributed by atoms with Crippen molar-refractivity contribution >= 4 is 33.3 Å². The van der Waals surface area contributed by atoms with Crippen LogP contribution >= 0.6 is 11.6 Å². The van der Waals surface area contributed by atoms with Crippen molar-refractivity contribution < 1.29 is 22.7 Å². The molecule has 0 saturated heterocycles. The Balaban J connectivity index is 2.81. The third kappa shape index (κ3) is 5.35. The molecule has 0 aliphatic heterocycles. The number of hydrogen-bond acceptors (Lipinski definition) is 5. The van der Waals surface area contributed by atoms with E-state index in [4.69, 9.17) is 16.3 Å². The summed E-state index contributed by atoms with van der Waals surface area (Å²) in [5.74, 6) is -1.28. The SMILES string of the molecule is CCCNC(=O)COC(=O)c1cc(S(C)(=O)=O)ccc1Cl. The fourth-order valence-electron chi connectivity index (χ4n) is 1.42. The molecule has 116 valence electrons. The van der Waals surface area contributed by atoms with Crippen LogP contribution in [-0.4, -0.2) is 39.7 Å². The maximum Gasteiger partial charge on any atom is 0.340 e. The second-order valence-corrected chi connectivity index (χ2v) is 6.76. The molecule has 21 heavy (non-hydrogen) atoms. The number of hydrogen-bond donors (Lipinski definition) is 1. The van der Waals surface area contributed by atoms with Crippen molar-refractivity contribution in [2.75, 3.05) is 19.4 Å². The molecule has 0 aliphatic rings. The van der Waals surface area contributed by atoms with E-state index in [2.05, 4.69) is 5.32 Å². The molecular formula is C13H16ClNO5S. The molecule has 0 fully saturated rings. The highest BCUT2D eigenvalue weighted by atomic mass is 35.5. The summed E-state index contributed by atoms with van der Waals surface area (Å²) in [6, 6.07) is 3.72. The lowest BCUT2D eigenvalue weighted by Gasteiger charge is -2.08. The van der Waals surface area contributed by atoms with E-state index < -0.39 is 28.3 Å².